The van der Waals surface area contributed by atoms with Crippen LogP contribution in [-0.4, -0.2) is 65.1 Å². The fourth-order valence-electron chi connectivity index (χ4n) is 3.96. The van der Waals surface area contributed by atoms with Gasteiger partial charge in [0.15, 0.2) is 17.3 Å². The molecule has 0 saturated carbocycles. The molecule has 1 saturated heterocycles. The maximum absolute atomic E-state index is 6.12. The van der Waals surface area contributed by atoms with Gasteiger partial charge < -0.3 is 14.4 Å². The van der Waals surface area contributed by atoms with Crippen LogP contribution in [0.25, 0.3) is 5.82 Å². The van der Waals surface area contributed by atoms with Crippen LogP contribution < -0.4 is 14.4 Å². The van der Waals surface area contributed by atoms with E-state index in [9.17, 15) is 0 Å². The van der Waals surface area contributed by atoms with Gasteiger partial charge in [-0.25, -0.2) is 4.98 Å². The minimum Gasteiger partial charge on any atom is -0.486 e. The van der Waals surface area contributed by atoms with Crippen molar-refractivity contribution in [3.05, 3.63) is 60.4 Å². The summed E-state index contributed by atoms with van der Waals surface area (Å²) in [5.41, 5.74) is 1.000. The van der Waals surface area contributed by atoms with Gasteiger partial charge in [0.05, 0.1) is 5.69 Å². The third-order valence-electron chi connectivity index (χ3n) is 5.40. The third kappa shape index (κ3) is 3.78. The summed E-state index contributed by atoms with van der Waals surface area (Å²) >= 11 is 0. The van der Waals surface area contributed by atoms with E-state index in [0.717, 1.165) is 61.6 Å². The van der Waals surface area contributed by atoms with E-state index >= 15 is 0 Å². The summed E-state index contributed by atoms with van der Waals surface area (Å²) in [5.74, 6) is 3.64. The number of hydrogen-bond acceptors (Lipinski definition) is 6. The Morgan fingerprint density at radius 1 is 1.00 bits per heavy atom. The summed E-state index contributed by atoms with van der Waals surface area (Å²) in [6.07, 6.45) is 1.87. The van der Waals surface area contributed by atoms with Crippen molar-refractivity contribution >= 4 is 5.82 Å². The molecule has 2 aliphatic rings. The van der Waals surface area contributed by atoms with Crippen molar-refractivity contribution < 1.29 is 9.47 Å². The summed E-state index contributed by atoms with van der Waals surface area (Å²) in [4.78, 5) is 9.30. The first kappa shape index (κ1) is 18.0. The van der Waals surface area contributed by atoms with Crippen molar-refractivity contribution in [1.82, 2.24) is 19.7 Å². The SMILES string of the molecule is Cc1cc(N2CCN(C[C@H]3COc4ccccc4O3)CC2)n(-c2ccccn2)n1. The van der Waals surface area contributed by atoms with Gasteiger partial charge in [0.25, 0.3) is 0 Å². The van der Waals surface area contributed by atoms with Gasteiger partial charge in [-0.2, -0.15) is 9.78 Å². The Morgan fingerprint density at radius 2 is 1.79 bits per heavy atom. The van der Waals surface area contributed by atoms with Crippen molar-refractivity contribution in [1.29, 1.82) is 0 Å². The van der Waals surface area contributed by atoms with Gasteiger partial charge in [0.1, 0.15) is 18.5 Å². The highest BCUT2D eigenvalue weighted by molar-refractivity contribution is 5.46. The highest BCUT2D eigenvalue weighted by Gasteiger charge is 2.26. The molecule has 2 aliphatic heterocycles. The van der Waals surface area contributed by atoms with Gasteiger partial charge >= 0.3 is 0 Å². The van der Waals surface area contributed by atoms with Crippen LogP contribution >= 0.6 is 0 Å². The smallest absolute Gasteiger partial charge is 0.161 e. The van der Waals surface area contributed by atoms with E-state index in [1.165, 1.54) is 0 Å². The van der Waals surface area contributed by atoms with Gasteiger partial charge in [-0.15, -0.1) is 0 Å². The Balaban J connectivity index is 1.22. The lowest BCUT2D eigenvalue weighted by Gasteiger charge is -2.38. The Bertz CT molecular complexity index is 966. The zero-order chi connectivity index (χ0) is 19.6. The Kier molecular flexibility index (Phi) is 4.81. The average Bonchev–Trinajstić information content (AvgIpc) is 3.16. The second-order valence-electron chi connectivity index (χ2n) is 7.53. The van der Waals surface area contributed by atoms with Gasteiger partial charge in [-0.05, 0) is 31.2 Å². The second kappa shape index (κ2) is 7.75. The molecule has 1 aromatic carbocycles. The third-order valence-corrected chi connectivity index (χ3v) is 5.40. The molecule has 2 aromatic heterocycles. The molecule has 0 spiro atoms. The molecule has 29 heavy (non-hydrogen) atoms. The molecule has 0 aliphatic carbocycles. The van der Waals surface area contributed by atoms with Crippen LogP contribution in [0.5, 0.6) is 11.5 Å². The Morgan fingerprint density at radius 3 is 2.59 bits per heavy atom. The van der Waals surface area contributed by atoms with E-state index in [2.05, 4.69) is 25.9 Å². The predicted molar refractivity (Wildman–Crippen MR) is 111 cm³/mol. The number of benzene rings is 1. The number of piperazine rings is 1. The molecular formula is C22H25N5O2. The zero-order valence-electron chi connectivity index (χ0n) is 16.6. The fraction of sp³-hybridized carbons (Fsp3) is 0.364. The number of pyridine rings is 1. The van der Waals surface area contributed by atoms with Crippen LogP contribution in [0.1, 0.15) is 5.69 Å². The van der Waals surface area contributed by atoms with Crippen molar-refractivity contribution in [3.63, 3.8) is 0 Å². The maximum Gasteiger partial charge on any atom is 0.161 e. The van der Waals surface area contributed by atoms with Crippen LogP contribution in [-0.2, 0) is 0 Å². The number of ether oxygens (including phenoxy) is 2. The molecular weight excluding hydrogens is 366 g/mol. The first-order valence-electron chi connectivity index (χ1n) is 10.1. The van der Waals surface area contributed by atoms with Crippen molar-refractivity contribution in [2.45, 2.75) is 13.0 Å². The number of aryl methyl sites for hydroxylation is 1. The molecule has 1 atom stereocenters. The normalized spacial score (nSPS) is 19.3. The van der Waals surface area contributed by atoms with E-state index < -0.39 is 0 Å². The molecule has 0 bridgehead atoms. The number of aromatic nitrogens is 3. The number of anilines is 1. The summed E-state index contributed by atoms with van der Waals surface area (Å²) in [7, 11) is 0. The van der Waals surface area contributed by atoms with Crippen molar-refractivity contribution in [3.8, 4) is 17.3 Å². The lowest BCUT2D eigenvalue weighted by Crippen LogP contribution is -2.51. The largest absolute Gasteiger partial charge is 0.486 e. The van der Waals surface area contributed by atoms with Gasteiger partial charge in [0, 0.05) is 45.0 Å². The lowest BCUT2D eigenvalue weighted by molar-refractivity contribution is 0.0570. The summed E-state index contributed by atoms with van der Waals surface area (Å²) in [5, 5.41) is 4.65. The standard InChI is InChI=1S/C22H25N5O2/c1-17-14-22(27(24-17)21-8-4-5-9-23-21)26-12-10-25(11-13-26)15-18-16-28-19-6-2-3-7-20(19)29-18/h2-9,14,18H,10-13,15-16H2,1H3/t18-/m0/s1. The molecule has 1 fully saturated rings. The van der Waals surface area contributed by atoms with E-state index in [4.69, 9.17) is 9.47 Å². The minimum absolute atomic E-state index is 0.0674. The quantitative estimate of drug-likeness (QED) is 0.681. The zero-order valence-corrected chi connectivity index (χ0v) is 16.6. The topological polar surface area (TPSA) is 55.7 Å². The van der Waals surface area contributed by atoms with Crippen LogP contribution in [0.4, 0.5) is 5.82 Å². The van der Waals surface area contributed by atoms with Crippen LogP contribution in [0, 0.1) is 6.92 Å². The molecule has 0 amide bonds. The number of rotatable bonds is 4. The lowest BCUT2D eigenvalue weighted by atomic mass is 10.2. The van der Waals surface area contributed by atoms with Crippen LogP contribution in [0.3, 0.4) is 0 Å². The highest BCUT2D eigenvalue weighted by Crippen LogP contribution is 2.31. The van der Waals surface area contributed by atoms with Crippen molar-refractivity contribution in [2.75, 3.05) is 44.2 Å². The predicted octanol–water partition coefficient (Wildman–Crippen LogP) is 2.54. The molecule has 150 valence electrons. The number of hydrogen-bond donors (Lipinski definition) is 0. The summed E-state index contributed by atoms with van der Waals surface area (Å²) < 4.78 is 13.9. The molecule has 5 rings (SSSR count). The number of fused-ring (bicyclic) bond motifs is 1. The van der Waals surface area contributed by atoms with Crippen LogP contribution in [0.15, 0.2) is 54.7 Å². The molecule has 4 heterocycles. The first-order valence-corrected chi connectivity index (χ1v) is 10.1. The molecule has 3 aromatic rings. The molecule has 7 heteroatoms. The summed E-state index contributed by atoms with van der Waals surface area (Å²) in [6, 6.07) is 15.9. The van der Waals surface area contributed by atoms with E-state index in [0.29, 0.717) is 6.61 Å². The Hall–Kier alpha value is -3.06. The fourth-order valence-corrected chi connectivity index (χ4v) is 3.96. The molecule has 0 N–H and O–H groups in total. The van der Waals surface area contributed by atoms with Crippen molar-refractivity contribution in [2.24, 2.45) is 0 Å². The van der Waals surface area contributed by atoms with E-state index in [1.54, 1.807) is 6.20 Å². The first-order chi connectivity index (χ1) is 14.3. The minimum atomic E-state index is 0.0674. The van der Waals surface area contributed by atoms with Crippen LogP contribution in [0.2, 0.25) is 0 Å². The van der Waals surface area contributed by atoms with Gasteiger partial charge in [-0.1, -0.05) is 18.2 Å². The number of para-hydroxylation sites is 2. The second-order valence-corrected chi connectivity index (χ2v) is 7.53. The van der Waals surface area contributed by atoms with E-state index in [-0.39, 0.29) is 6.10 Å². The van der Waals surface area contributed by atoms with Gasteiger partial charge in [-0.3, -0.25) is 4.90 Å². The monoisotopic (exact) mass is 391 g/mol. The van der Waals surface area contributed by atoms with E-state index in [1.807, 2.05) is 54.1 Å². The van der Waals surface area contributed by atoms with Gasteiger partial charge in [0.2, 0.25) is 0 Å². The molecule has 0 unspecified atom stereocenters. The Labute approximate surface area is 170 Å². The molecule has 7 nitrogen and oxygen atoms in total. The number of nitrogens with zero attached hydrogens (tertiary/aromatic N) is 5. The average molecular weight is 391 g/mol. The molecule has 0 radical (unpaired) electrons. The highest BCUT2D eigenvalue weighted by atomic mass is 16.6. The summed E-state index contributed by atoms with van der Waals surface area (Å²) in [6.45, 7) is 7.35. The maximum atomic E-state index is 6.12.